The van der Waals surface area contributed by atoms with Gasteiger partial charge in [-0.1, -0.05) is 25.3 Å². The van der Waals surface area contributed by atoms with Crippen molar-refractivity contribution in [3.05, 3.63) is 53.2 Å². The molecule has 0 bridgehead atoms. The molecule has 0 spiro atoms. The average molecular weight is 380 g/mol. The Labute approximate surface area is 166 Å². The molecule has 3 N–H and O–H groups in total. The number of pyridine rings is 1. The van der Waals surface area contributed by atoms with Gasteiger partial charge in [-0.3, -0.25) is 4.79 Å². The lowest BCUT2D eigenvalue weighted by Crippen LogP contribution is -2.27. The largest absolute Gasteiger partial charge is 0.439 e. The van der Waals surface area contributed by atoms with E-state index in [1.54, 1.807) is 12.1 Å². The maximum Gasteiger partial charge on any atom is 0.250 e. The van der Waals surface area contributed by atoms with Gasteiger partial charge in [-0.05, 0) is 73.4 Å². The molecule has 1 fully saturated rings. The van der Waals surface area contributed by atoms with Crippen molar-refractivity contribution in [1.29, 1.82) is 0 Å². The topological polar surface area (TPSA) is 77.2 Å². The van der Waals surface area contributed by atoms with Crippen molar-refractivity contribution in [2.45, 2.75) is 50.9 Å². The summed E-state index contributed by atoms with van der Waals surface area (Å²) in [7, 11) is 0. The monoisotopic (exact) mass is 379 g/mol. The average Bonchev–Trinajstić information content (AvgIpc) is 3.12. The molecule has 148 valence electrons. The van der Waals surface area contributed by atoms with Crippen LogP contribution < -0.4 is 15.8 Å². The number of fused-ring (bicyclic) bond motifs is 1. The van der Waals surface area contributed by atoms with Crippen molar-refractivity contribution in [3.8, 4) is 11.6 Å². The summed E-state index contributed by atoms with van der Waals surface area (Å²) in [6.07, 6.45) is 10.8. The summed E-state index contributed by atoms with van der Waals surface area (Å²) >= 11 is 0. The fraction of sp³-hybridized carbons (Fsp3) is 0.478. The maximum atomic E-state index is 11.2. The van der Waals surface area contributed by atoms with Crippen LogP contribution in [0.1, 0.15) is 65.9 Å². The highest BCUT2D eigenvalue weighted by Crippen LogP contribution is 2.36. The van der Waals surface area contributed by atoms with Crippen LogP contribution in [0.25, 0.3) is 0 Å². The van der Waals surface area contributed by atoms with Crippen LogP contribution in [0.3, 0.4) is 0 Å². The number of aryl methyl sites for hydroxylation is 1. The van der Waals surface area contributed by atoms with Crippen molar-refractivity contribution < 1.29 is 9.53 Å². The zero-order chi connectivity index (χ0) is 19.3. The van der Waals surface area contributed by atoms with Gasteiger partial charge in [0.1, 0.15) is 5.75 Å². The van der Waals surface area contributed by atoms with E-state index in [-0.39, 0.29) is 0 Å². The first-order chi connectivity index (χ1) is 13.7. The summed E-state index contributed by atoms with van der Waals surface area (Å²) in [5, 5.41) is 3.73. The lowest BCUT2D eigenvalue weighted by atomic mass is 9.89. The molecule has 2 aromatic rings. The third-order valence-corrected chi connectivity index (χ3v) is 6.11. The van der Waals surface area contributed by atoms with E-state index >= 15 is 0 Å². The Morgan fingerprint density at radius 2 is 1.96 bits per heavy atom. The van der Waals surface area contributed by atoms with Gasteiger partial charge in [0.2, 0.25) is 11.8 Å². The predicted molar refractivity (Wildman–Crippen MR) is 110 cm³/mol. The minimum Gasteiger partial charge on any atom is -0.439 e. The standard InChI is InChI=1S/C23H29N3O2/c24-23(27)19-9-11-22(26-15-19)28-20-10-8-17-6-7-18(21(17)12-20)14-25-13-16-4-2-1-3-5-16/h8-12,15-16,18,25H,1-7,13-14H2,(H2,24,27). The van der Waals surface area contributed by atoms with E-state index in [0.717, 1.165) is 31.2 Å². The van der Waals surface area contributed by atoms with Crippen molar-refractivity contribution in [2.24, 2.45) is 11.7 Å². The summed E-state index contributed by atoms with van der Waals surface area (Å²) in [5.74, 6) is 2.18. The number of nitrogens with one attached hydrogen (secondary N) is 1. The number of nitrogens with two attached hydrogens (primary N) is 1. The summed E-state index contributed by atoms with van der Waals surface area (Å²) in [6.45, 7) is 2.19. The molecule has 4 rings (SSSR count). The van der Waals surface area contributed by atoms with Crippen LogP contribution in [0, 0.1) is 5.92 Å². The zero-order valence-electron chi connectivity index (χ0n) is 16.3. The molecule has 1 atom stereocenters. The molecule has 2 aliphatic rings. The van der Waals surface area contributed by atoms with Crippen LogP contribution in [-0.4, -0.2) is 24.0 Å². The predicted octanol–water partition coefficient (Wildman–Crippen LogP) is 4.17. The molecule has 1 unspecified atom stereocenters. The number of carbonyl (C=O) groups is 1. The van der Waals surface area contributed by atoms with Crippen molar-refractivity contribution >= 4 is 5.91 Å². The maximum absolute atomic E-state index is 11.2. The molecular weight excluding hydrogens is 350 g/mol. The quantitative estimate of drug-likeness (QED) is 0.757. The number of ether oxygens (including phenoxy) is 1. The summed E-state index contributed by atoms with van der Waals surface area (Å²) in [4.78, 5) is 15.3. The molecule has 2 aliphatic carbocycles. The number of amides is 1. The van der Waals surface area contributed by atoms with Crippen molar-refractivity contribution in [2.75, 3.05) is 13.1 Å². The molecule has 0 radical (unpaired) electrons. The van der Waals surface area contributed by atoms with Gasteiger partial charge in [0.25, 0.3) is 0 Å². The van der Waals surface area contributed by atoms with Crippen molar-refractivity contribution in [3.63, 3.8) is 0 Å². The smallest absolute Gasteiger partial charge is 0.250 e. The first-order valence-corrected chi connectivity index (χ1v) is 10.5. The molecule has 1 aromatic carbocycles. The lowest BCUT2D eigenvalue weighted by molar-refractivity contribution is 0.1000. The van der Waals surface area contributed by atoms with Gasteiger partial charge in [-0.25, -0.2) is 4.98 Å². The first-order valence-electron chi connectivity index (χ1n) is 10.5. The molecule has 1 aromatic heterocycles. The van der Waals surface area contributed by atoms with Crippen LogP contribution >= 0.6 is 0 Å². The van der Waals surface area contributed by atoms with E-state index in [9.17, 15) is 4.79 Å². The Morgan fingerprint density at radius 3 is 2.71 bits per heavy atom. The van der Waals surface area contributed by atoms with Crippen LogP contribution in [0.2, 0.25) is 0 Å². The van der Waals surface area contributed by atoms with Gasteiger partial charge in [-0.15, -0.1) is 0 Å². The number of hydrogen-bond donors (Lipinski definition) is 2. The third kappa shape index (κ3) is 4.53. The molecule has 1 amide bonds. The van der Waals surface area contributed by atoms with Gasteiger partial charge >= 0.3 is 0 Å². The lowest BCUT2D eigenvalue weighted by Gasteiger charge is -2.23. The van der Waals surface area contributed by atoms with E-state index in [0.29, 0.717) is 17.4 Å². The third-order valence-electron chi connectivity index (χ3n) is 6.11. The van der Waals surface area contributed by atoms with Crippen LogP contribution in [-0.2, 0) is 6.42 Å². The number of hydrogen-bond acceptors (Lipinski definition) is 4. The minimum absolute atomic E-state index is 0.380. The van der Waals surface area contributed by atoms with Gasteiger partial charge in [0.05, 0.1) is 5.56 Å². The molecule has 5 heteroatoms. The molecule has 1 heterocycles. The number of benzene rings is 1. The highest BCUT2D eigenvalue weighted by Gasteiger charge is 2.23. The highest BCUT2D eigenvalue weighted by atomic mass is 16.5. The second-order valence-corrected chi connectivity index (χ2v) is 8.11. The highest BCUT2D eigenvalue weighted by molar-refractivity contribution is 5.92. The Kier molecular flexibility index (Phi) is 5.91. The number of carbonyl (C=O) groups excluding carboxylic acids is 1. The SMILES string of the molecule is NC(=O)c1ccc(Oc2ccc3c(c2)C(CNCC2CCCCC2)CC3)nc1. The molecule has 0 aliphatic heterocycles. The Hall–Kier alpha value is -2.40. The van der Waals surface area contributed by atoms with Gasteiger partial charge < -0.3 is 15.8 Å². The van der Waals surface area contributed by atoms with Gasteiger partial charge in [0.15, 0.2) is 0 Å². The van der Waals surface area contributed by atoms with E-state index in [1.165, 1.54) is 55.8 Å². The Morgan fingerprint density at radius 1 is 1.11 bits per heavy atom. The molecule has 1 saturated carbocycles. The number of primary amides is 1. The summed E-state index contributed by atoms with van der Waals surface area (Å²) in [5.41, 5.74) is 8.45. The Bertz CT molecular complexity index is 813. The zero-order valence-corrected chi connectivity index (χ0v) is 16.3. The summed E-state index contributed by atoms with van der Waals surface area (Å²) in [6, 6.07) is 9.63. The van der Waals surface area contributed by atoms with E-state index in [2.05, 4.69) is 22.4 Å². The number of rotatable bonds is 7. The second-order valence-electron chi connectivity index (χ2n) is 8.11. The first kappa shape index (κ1) is 18.9. The molecule has 5 nitrogen and oxygen atoms in total. The van der Waals surface area contributed by atoms with E-state index < -0.39 is 5.91 Å². The van der Waals surface area contributed by atoms with E-state index in [4.69, 9.17) is 10.5 Å². The van der Waals surface area contributed by atoms with Crippen LogP contribution in [0.5, 0.6) is 11.6 Å². The van der Waals surface area contributed by atoms with Crippen LogP contribution in [0.4, 0.5) is 0 Å². The van der Waals surface area contributed by atoms with Crippen LogP contribution in [0.15, 0.2) is 36.5 Å². The fourth-order valence-electron chi connectivity index (χ4n) is 4.50. The van der Waals surface area contributed by atoms with Gasteiger partial charge in [0, 0.05) is 18.8 Å². The fourth-order valence-corrected chi connectivity index (χ4v) is 4.50. The van der Waals surface area contributed by atoms with Gasteiger partial charge in [-0.2, -0.15) is 0 Å². The number of nitrogens with zero attached hydrogens (tertiary/aromatic N) is 1. The minimum atomic E-state index is -0.486. The molecule has 0 saturated heterocycles. The second kappa shape index (κ2) is 8.74. The molecule has 28 heavy (non-hydrogen) atoms. The number of aromatic nitrogens is 1. The normalized spacial score (nSPS) is 19.4. The molecular formula is C23H29N3O2. The van der Waals surface area contributed by atoms with Crippen molar-refractivity contribution in [1.82, 2.24) is 10.3 Å². The van der Waals surface area contributed by atoms with E-state index in [1.807, 2.05) is 6.07 Å². The summed E-state index contributed by atoms with van der Waals surface area (Å²) < 4.78 is 5.90. The Balaban J connectivity index is 1.36.